The van der Waals surface area contributed by atoms with Crippen LogP contribution in [-0.4, -0.2) is 37.2 Å². The van der Waals surface area contributed by atoms with Gasteiger partial charge < -0.3 is 14.2 Å². The summed E-state index contributed by atoms with van der Waals surface area (Å²) in [6.07, 6.45) is 68.6. The van der Waals surface area contributed by atoms with Crippen molar-refractivity contribution in [2.75, 3.05) is 13.2 Å². The average Bonchev–Trinajstić information content (AvgIpc) is 3.30. The van der Waals surface area contributed by atoms with Gasteiger partial charge in [-0.2, -0.15) is 0 Å². The van der Waals surface area contributed by atoms with Gasteiger partial charge in [0.2, 0.25) is 0 Å². The largest absolute Gasteiger partial charge is 0.462 e. The molecule has 0 saturated heterocycles. The maximum atomic E-state index is 12.8. The van der Waals surface area contributed by atoms with Crippen molar-refractivity contribution in [3.05, 3.63) is 85.1 Å². The third-order valence-corrected chi connectivity index (χ3v) is 11.4. The van der Waals surface area contributed by atoms with Gasteiger partial charge in [0.25, 0.3) is 0 Å². The summed E-state index contributed by atoms with van der Waals surface area (Å²) in [5.41, 5.74) is 0. The van der Waals surface area contributed by atoms with Crippen molar-refractivity contribution >= 4 is 17.9 Å². The van der Waals surface area contributed by atoms with Crippen LogP contribution in [0.5, 0.6) is 0 Å². The van der Waals surface area contributed by atoms with Crippen LogP contribution in [0, 0.1) is 0 Å². The standard InChI is InChI=1S/C59H100O6/c1-4-7-10-13-16-19-21-23-25-27-29-31-33-35-37-40-43-46-49-52-58(61)64-55-56(54-63-57(60)51-48-45-42-39-18-15-12-9-6-3)65-59(62)53-50-47-44-41-38-36-34-32-30-28-26-24-22-20-17-14-11-8-5-2/h7,10,16-17,19-20,23-26,29,31,35,37,56H,4-6,8-9,11-15,18,21-22,27-28,30,32-34,36,38-55H2,1-3H3/b10-7-,19-16-,20-17-,25-23-,26-24-,31-29-,37-35-. The van der Waals surface area contributed by atoms with Crippen LogP contribution in [0.1, 0.15) is 252 Å². The molecule has 0 rings (SSSR count). The number of esters is 3. The number of ether oxygens (including phenoxy) is 3. The third-order valence-electron chi connectivity index (χ3n) is 11.4. The summed E-state index contributed by atoms with van der Waals surface area (Å²) >= 11 is 0. The Labute approximate surface area is 401 Å². The summed E-state index contributed by atoms with van der Waals surface area (Å²) in [6, 6.07) is 0. The zero-order chi connectivity index (χ0) is 47.2. The van der Waals surface area contributed by atoms with Gasteiger partial charge in [-0.25, -0.2) is 0 Å². The Morgan fingerprint density at radius 1 is 0.323 bits per heavy atom. The van der Waals surface area contributed by atoms with Gasteiger partial charge in [-0.15, -0.1) is 0 Å². The second-order valence-corrected chi connectivity index (χ2v) is 17.8. The summed E-state index contributed by atoms with van der Waals surface area (Å²) in [4.78, 5) is 38.0. The summed E-state index contributed by atoms with van der Waals surface area (Å²) < 4.78 is 16.8. The van der Waals surface area contributed by atoms with Crippen molar-refractivity contribution in [2.24, 2.45) is 0 Å². The molecule has 1 atom stereocenters. The fourth-order valence-corrected chi connectivity index (χ4v) is 7.32. The fraction of sp³-hybridized carbons (Fsp3) is 0.712. The van der Waals surface area contributed by atoms with E-state index in [1.807, 2.05) is 0 Å². The molecule has 0 aromatic carbocycles. The molecule has 0 aliphatic carbocycles. The number of unbranched alkanes of at least 4 members (excludes halogenated alkanes) is 23. The number of allylic oxidation sites excluding steroid dienone is 14. The lowest BCUT2D eigenvalue weighted by atomic mass is 10.1. The van der Waals surface area contributed by atoms with Crippen LogP contribution in [0.4, 0.5) is 0 Å². The molecule has 65 heavy (non-hydrogen) atoms. The first kappa shape index (κ1) is 61.6. The zero-order valence-corrected chi connectivity index (χ0v) is 42.5. The highest BCUT2D eigenvalue weighted by Crippen LogP contribution is 2.14. The van der Waals surface area contributed by atoms with E-state index in [4.69, 9.17) is 14.2 Å². The fourth-order valence-electron chi connectivity index (χ4n) is 7.32. The summed E-state index contributed by atoms with van der Waals surface area (Å²) in [6.45, 7) is 6.45. The molecule has 0 aliphatic rings. The van der Waals surface area contributed by atoms with E-state index in [0.29, 0.717) is 19.3 Å². The Bertz CT molecular complexity index is 1270. The number of carbonyl (C=O) groups is 3. The van der Waals surface area contributed by atoms with E-state index in [2.05, 4.69) is 106 Å². The van der Waals surface area contributed by atoms with E-state index >= 15 is 0 Å². The number of hydrogen-bond donors (Lipinski definition) is 0. The van der Waals surface area contributed by atoms with Crippen molar-refractivity contribution in [3.8, 4) is 0 Å². The molecule has 0 amide bonds. The first-order valence-electron chi connectivity index (χ1n) is 27.1. The maximum absolute atomic E-state index is 12.8. The number of hydrogen-bond acceptors (Lipinski definition) is 6. The lowest BCUT2D eigenvalue weighted by molar-refractivity contribution is -0.167. The molecular formula is C59H100O6. The third kappa shape index (κ3) is 51.4. The Morgan fingerprint density at radius 2 is 0.600 bits per heavy atom. The van der Waals surface area contributed by atoms with Crippen molar-refractivity contribution < 1.29 is 28.6 Å². The average molecular weight is 905 g/mol. The lowest BCUT2D eigenvalue weighted by Gasteiger charge is -2.18. The Kier molecular flexibility index (Phi) is 50.4. The van der Waals surface area contributed by atoms with E-state index in [1.54, 1.807) is 0 Å². The predicted octanol–water partition coefficient (Wildman–Crippen LogP) is 18.0. The molecule has 6 heteroatoms. The van der Waals surface area contributed by atoms with Crippen LogP contribution < -0.4 is 0 Å². The smallest absolute Gasteiger partial charge is 0.306 e. The van der Waals surface area contributed by atoms with Crippen LogP contribution in [-0.2, 0) is 28.6 Å². The molecule has 0 bridgehead atoms. The van der Waals surface area contributed by atoms with Gasteiger partial charge in [0.05, 0.1) is 0 Å². The molecule has 6 nitrogen and oxygen atoms in total. The monoisotopic (exact) mass is 905 g/mol. The van der Waals surface area contributed by atoms with Gasteiger partial charge in [0.15, 0.2) is 6.10 Å². The predicted molar refractivity (Wildman–Crippen MR) is 279 cm³/mol. The first-order chi connectivity index (χ1) is 32.0. The van der Waals surface area contributed by atoms with E-state index in [9.17, 15) is 14.4 Å². The molecular weight excluding hydrogens is 805 g/mol. The highest BCUT2D eigenvalue weighted by atomic mass is 16.6. The van der Waals surface area contributed by atoms with Crippen LogP contribution in [0.25, 0.3) is 0 Å². The van der Waals surface area contributed by atoms with Crippen molar-refractivity contribution in [1.82, 2.24) is 0 Å². The van der Waals surface area contributed by atoms with Crippen molar-refractivity contribution in [3.63, 3.8) is 0 Å². The van der Waals surface area contributed by atoms with E-state index in [0.717, 1.165) is 103 Å². The second-order valence-electron chi connectivity index (χ2n) is 17.8. The highest BCUT2D eigenvalue weighted by Gasteiger charge is 2.19. The molecule has 0 radical (unpaired) electrons. The quantitative estimate of drug-likeness (QED) is 0.0262. The molecule has 0 aromatic rings. The van der Waals surface area contributed by atoms with Gasteiger partial charge in [-0.1, -0.05) is 221 Å². The summed E-state index contributed by atoms with van der Waals surface area (Å²) in [5.74, 6) is -0.926. The van der Waals surface area contributed by atoms with Gasteiger partial charge in [0, 0.05) is 19.3 Å². The number of carbonyl (C=O) groups excluding carboxylic acids is 3. The maximum Gasteiger partial charge on any atom is 0.306 e. The van der Waals surface area contributed by atoms with Gasteiger partial charge in [-0.05, 0) is 96.3 Å². The molecule has 1 unspecified atom stereocenters. The van der Waals surface area contributed by atoms with Crippen molar-refractivity contribution in [2.45, 2.75) is 258 Å². The molecule has 0 saturated carbocycles. The van der Waals surface area contributed by atoms with Crippen LogP contribution in [0.2, 0.25) is 0 Å². The molecule has 0 aliphatic heterocycles. The summed E-state index contributed by atoms with van der Waals surface area (Å²) in [5, 5.41) is 0. The van der Waals surface area contributed by atoms with Crippen LogP contribution in [0.15, 0.2) is 85.1 Å². The lowest BCUT2D eigenvalue weighted by Crippen LogP contribution is -2.30. The first-order valence-corrected chi connectivity index (χ1v) is 27.1. The van der Waals surface area contributed by atoms with E-state index in [-0.39, 0.29) is 31.1 Å². The topological polar surface area (TPSA) is 78.9 Å². The molecule has 0 fully saturated rings. The Morgan fingerprint density at radius 3 is 0.985 bits per heavy atom. The highest BCUT2D eigenvalue weighted by molar-refractivity contribution is 5.71. The number of rotatable bonds is 48. The molecule has 0 spiro atoms. The van der Waals surface area contributed by atoms with Gasteiger partial charge in [-0.3, -0.25) is 14.4 Å². The SMILES string of the molecule is CC/C=C\C/C=C\C/C=C\C/C=C\C/C=C\CCCCCC(=O)OCC(COC(=O)CCCCCCCCCCC)OC(=O)CCCCCCCCCCC/C=C\C/C=C\CCCCC. The van der Waals surface area contributed by atoms with Crippen LogP contribution >= 0.6 is 0 Å². The minimum Gasteiger partial charge on any atom is -0.462 e. The summed E-state index contributed by atoms with van der Waals surface area (Å²) in [7, 11) is 0. The van der Waals surface area contributed by atoms with E-state index < -0.39 is 6.10 Å². The minimum absolute atomic E-state index is 0.0879. The molecule has 372 valence electrons. The van der Waals surface area contributed by atoms with E-state index in [1.165, 1.54) is 109 Å². The van der Waals surface area contributed by atoms with Gasteiger partial charge >= 0.3 is 17.9 Å². The Balaban J connectivity index is 4.37. The minimum atomic E-state index is -0.790. The second kappa shape index (κ2) is 53.2. The zero-order valence-electron chi connectivity index (χ0n) is 42.5. The van der Waals surface area contributed by atoms with Crippen LogP contribution in [0.3, 0.4) is 0 Å². The molecule has 0 aromatic heterocycles. The normalized spacial score (nSPS) is 12.7. The van der Waals surface area contributed by atoms with Crippen molar-refractivity contribution in [1.29, 1.82) is 0 Å². The Hall–Kier alpha value is -3.41. The molecule has 0 heterocycles. The molecule has 0 N–H and O–H groups in total. The van der Waals surface area contributed by atoms with Gasteiger partial charge in [0.1, 0.15) is 13.2 Å².